The van der Waals surface area contributed by atoms with Gasteiger partial charge in [0.25, 0.3) is 0 Å². The Kier molecular flexibility index (Phi) is 3.23. The molecular weight excluding hydrogens is 242 g/mol. The van der Waals surface area contributed by atoms with E-state index >= 15 is 0 Å². The summed E-state index contributed by atoms with van der Waals surface area (Å²) < 4.78 is 3.44. The molecule has 0 amide bonds. The van der Waals surface area contributed by atoms with E-state index in [-0.39, 0.29) is 0 Å². The Morgan fingerprint density at radius 3 is 3.14 bits per heavy atom. The van der Waals surface area contributed by atoms with Gasteiger partial charge in [0, 0.05) is 19.5 Å². The van der Waals surface area contributed by atoms with Crippen LogP contribution in [0, 0.1) is 0 Å². The van der Waals surface area contributed by atoms with Gasteiger partial charge in [0.2, 0.25) is 0 Å². The Hall–Kier alpha value is -0.350. The predicted molar refractivity (Wildman–Crippen MR) is 60.5 cm³/mol. The molecule has 14 heavy (non-hydrogen) atoms. The molecule has 0 fully saturated rings. The van der Waals surface area contributed by atoms with E-state index in [4.69, 9.17) is 0 Å². The highest BCUT2D eigenvalue weighted by Gasteiger charge is 2.17. The maximum Gasteiger partial charge on any atom is 0.127 e. The lowest BCUT2D eigenvalue weighted by Crippen LogP contribution is -2.17. The monoisotopic (exact) mass is 257 g/mol. The Morgan fingerprint density at radius 1 is 1.50 bits per heavy atom. The molecule has 0 aromatic carbocycles. The fraction of sp³-hybridized carbons (Fsp3) is 0.700. The maximum absolute atomic E-state index is 4.57. The van der Waals surface area contributed by atoms with Crippen LogP contribution in [0.15, 0.2) is 4.60 Å². The van der Waals surface area contributed by atoms with Gasteiger partial charge in [-0.15, -0.1) is 0 Å². The van der Waals surface area contributed by atoms with Crippen LogP contribution >= 0.6 is 15.9 Å². The quantitative estimate of drug-likeness (QED) is 0.895. The van der Waals surface area contributed by atoms with Crippen molar-refractivity contribution in [2.24, 2.45) is 0 Å². The summed E-state index contributed by atoms with van der Waals surface area (Å²) in [5.74, 6) is 1.22. The number of nitrogens with zero attached hydrogens (tertiary/aromatic N) is 2. The normalized spacial score (nSPS) is 15.6. The van der Waals surface area contributed by atoms with Gasteiger partial charge < -0.3 is 9.88 Å². The van der Waals surface area contributed by atoms with Crippen LogP contribution in [0.3, 0.4) is 0 Å². The van der Waals surface area contributed by atoms with E-state index in [0.717, 1.165) is 24.1 Å². The highest BCUT2D eigenvalue weighted by atomic mass is 79.9. The van der Waals surface area contributed by atoms with Crippen molar-refractivity contribution in [1.82, 2.24) is 14.9 Å². The molecule has 2 rings (SSSR count). The Morgan fingerprint density at radius 2 is 2.36 bits per heavy atom. The standard InChI is InChI=1S/C10H16BrN3/c1-12-6-5-9-13-10(11)8-4-2-3-7-14(8)9/h12H,2-7H2,1H3. The zero-order chi connectivity index (χ0) is 9.97. The summed E-state index contributed by atoms with van der Waals surface area (Å²) in [7, 11) is 1.98. The van der Waals surface area contributed by atoms with Crippen molar-refractivity contribution < 1.29 is 0 Å². The van der Waals surface area contributed by atoms with Gasteiger partial charge in [0.15, 0.2) is 0 Å². The van der Waals surface area contributed by atoms with Crippen LogP contribution in [0.5, 0.6) is 0 Å². The summed E-state index contributed by atoms with van der Waals surface area (Å²) in [5.41, 5.74) is 1.39. The molecule has 0 spiro atoms. The minimum atomic E-state index is 1.00. The summed E-state index contributed by atoms with van der Waals surface area (Å²) in [6.45, 7) is 2.15. The van der Waals surface area contributed by atoms with E-state index in [9.17, 15) is 0 Å². The minimum Gasteiger partial charge on any atom is -0.331 e. The van der Waals surface area contributed by atoms with Crippen LogP contribution in [-0.2, 0) is 19.4 Å². The third-order valence-electron chi connectivity index (χ3n) is 2.75. The molecule has 4 heteroatoms. The zero-order valence-electron chi connectivity index (χ0n) is 8.52. The van der Waals surface area contributed by atoms with Crippen molar-refractivity contribution in [2.75, 3.05) is 13.6 Å². The van der Waals surface area contributed by atoms with E-state index in [1.165, 1.54) is 30.8 Å². The topological polar surface area (TPSA) is 29.9 Å². The molecule has 3 nitrogen and oxygen atoms in total. The fourth-order valence-electron chi connectivity index (χ4n) is 2.00. The van der Waals surface area contributed by atoms with Gasteiger partial charge >= 0.3 is 0 Å². The SMILES string of the molecule is CNCCc1nc(Br)c2n1CCCC2. The molecule has 1 aliphatic rings. The molecule has 1 aromatic heterocycles. The minimum absolute atomic E-state index is 1.00. The molecule has 1 aromatic rings. The largest absolute Gasteiger partial charge is 0.331 e. The molecule has 0 aliphatic carbocycles. The average Bonchev–Trinajstić information content (AvgIpc) is 2.54. The van der Waals surface area contributed by atoms with E-state index in [1.807, 2.05) is 7.05 Å². The molecule has 1 N–H and O–H groups in total. The second-order valence-electron chi connectivity index (χ2n) is 3.73. The van der Waals surface area contributed by atoms with Gasteiger partial charge in [0.1, 0.15) is 10.4 Å². The smallest absolute Gasteiger partial charge is 0.127 e. The number of nitrogens with one attached hydrogen (secondary N) is 1. The summed E-state index contributed by atoms with van der Waals surface area (Å²) in [6.07, 6.45) is 4.79. The van der Waals surface area contributed by atoms with Gasteiger partial charge in [-0.05, 0) is 42.2 Å². The van der Waals surface area contributed by atoms with Gasteiger partial charge in [-0.2, -0.15) is 0 Å². The highest BCUT2D eigenvalue weighted by molar-refractivity contribution is 9.10. The molecule has 1 aliphatic heterocycles. The van der Waals surface area contributed by atoms with Gasteiger partial charge in [0.05, 0.1) is 5.69 Å². The van der Waals surface area contributed by atoms with Crippen molar-refractivity contribution in [2.45, 2.75) is 32.2 Å². The average molecular weight is 258 g/mol. The van der Waals surface area contributed by atoms with Crippen LogP contribution in [0.1, 0.15) is 24.4 Å². The second-order valence-corrected chi connectivity index (χ2v) is 4.48. The van der Waals surface area contributed by atoms with Crippen molar-refractivity contribution in [3.8, 4) is 0 Å². The number of halogens is 1. The lowest BCUT2D eigenvalue weighted by Gasteiger charge is -2.16. The van der Waals surface area contributed by atoms with Crippen molar-refractivity contribution >= 4 is 15.9 Å². The summed E-state index contributed by atoms with van der Waals surface area (Å²) in [5, 5.41) is 3.16. The Balaban J connectivity index is 2.23. The van der Waals surface area contributed by atoms with Gasteiger partial charge in [-0.1, -0.05) is 0 Å². The third-order valence-corrected chi connectivity index (χ3v) is 3.38. The number of rotatable bonds is 3. The number of likely N-dealkylation sites (N-methyl/N-ethyl adjacent to an activating group) is 1. The first kappa shape index (κ1) is 10.2. The molecule has 0 atom stereocenters. The lowest BCUT2D eigenvalue weighted by atomic mass is 10.1. The molecule has 0 unspecified atom stereocenters. The van der Waals surface area contributed by atoms with E-state index < -0.39 is 0 Å². The van der Waals surface area contributed by atoms with E-state index in [0.29, 0.717) is 0 Å². The van der Waals surface area contributed by atoms with Crippen molar-refractivity contribution in [3.05, 3.63) is 16.1 Å². The highest BCUT2D eigenvalue weighted by Crippen LogP contribution is 2.24. The fourth-order valence-corrected chi connectivity index (χ4v) is 2.61. The van der Waals surface area contributed by atoms with Crippen LogP contribution in [-0.4, -0.2) is 23.1 Å². The van der Waals surface area contributed by atoms with Crippen LogP contribution in [0.4, 0.5) is 0 Å². The number of fused-ring (bicyclic) bond motifs is 1. The molecule has 78 valence electrons. The zero-order valence-corrected chi connectivity index (χ0v) is 10.1. The molecule has 0 bridgehead atoms. The summed E-state index contributed by atoms with van der Waals surface area (Å²) in [4.78, 5) is 4.57. The number of imidazole rings is 1. The van der Waals surface area contributed by atoms with Crippen LogP contribution < -0.4 is 5.32 Å². The molecule has 0 saturated carbocycles. The maximum atomic E-state index is 4.57. The second kappa shape index (κ2) is 4.45. The van der Waals surface area contributed by atoms with Gasteiger partial charge in [-0.25, -0.2) is 4.98 Å². The van der Waals surface area contributed by atoms with Crippen molar-refractivity contribution in [3.63, 3.8) is 0 Å². The first-order valence-electron chi connectivity index (χ1n) is 5.21. The third kappa shape index (κ3) is 1.86. The van der Waals surface area contributed by atoms with Crippen LogP contribution in [0.2, 0.25) is 0 Å². The van der Waals surface area contributed by atoms with Gasteiger partial charge in [-0.3, -0.25) is 0 Å². The lowest BCUT2D eigenvalue weighted by molar-refractivity contribution is 0.511. The number of aromatic nitrogens is 2. The van der Waals surface area contributed by atoms with Crippen molar-refractivity contribution in [1.29, 1.82) is 0 Å². The molecule has 2 heterocycles. The summed E-state index contributed by atoms with van der Waals surface area (Å²) >= 11 is 3.54. The van der Waals surface area contributed by atoms with Crippen LogP contribution in [0.25, 0.3) is 0 Å². The molecule has 0 radical (unpaired) electrons. The number of hydrogen-bond donors (Lipinski definition) is 1. The first-order valence-corrected chi connectivity index (χ1v) is 6.00. The Labute approximate surface area is 93.0 Å². The van der Waals surface area contributed by atoms with E-state index in [1.54, 1.807) is 0 Å². The molecule has 0 saturated heterocycles. The summed E-state index contributed by atoms with van der Waals surface area (Å²) in [6, 6.07) is 0. The number of hydrogen-bond acceptors (Lipinski definition) is 2. The van der Waals surface area contributed by atoms with E-state index in [2.05, 4.69) is 30.8 Å². The molecular formula is C10H16BrN3. The first-order chi connectivity index (χ1) is 6.83. The Bertz CT molecular complexity index is 319. The predicted octanol–water partition coefficient (Wildman–Crippen LogP) is 1.74.